The molecule has 2 amide bonds. The molecule has 1 fully saturated rings. The number of anilines is 1. The third kappa shape index (κ3) is 4.51. The molecule has 8 nitrogen and oxygen atoms in total. The summed E-state index contributed by atoms with van der Waals surface area (Å²) in [4.78, 5) is 34.3. The van der Waals surface area contributed by atoms with E-state index in [0.717, 1.165) is 43.4 Å². The Hall–Kier alpha value is -3.86. The first-order valence-corrected chi connectivity index (χ1v) is 13.2. The molecule has 3 atom stereocenters. The number of benzene rings is 1. The molecule has 1 aromatic heterocycles. The molecule has 1 aliphatic carbocycles. The van der Waals surface area contributed by atoms with E-state index in [2.05, 4.69) is 73.3 Å². The maximum atomic E-state index is 13.0. The summed E-state index contributed by atoms with van der Waals surface area (Å²) >= 11 is 0. The number of fused-ring (bicyclic) bond motifs is 2. The number of carbonyl (C=O) groups excluding carboxylic acids is 2. The highest BCUT2D eigenvalue weighted by Gasteiger charge is 2.55. The van der Waals surface area contributed by atoms with E-state index in [0.29, 0.717) is 0 Å². The highest BCUT2D eigenvalue weighted by molar-refractivity contribution is 6.03. The van der Waals surface area contributed by atoms with Gasteiger partial charge in [0.2, 0.25) is 0 Å². The minimum Gasteiger partial charge on any atom is -0.453 e. The number of methoxy groups -OCH3 is 1. The van der Waals surface area contributed by atoms with Crippen molar-refractivity contribution in [2.45, 2.75) is 76.8 Å². The van der Waals surface area contributed by atoms with Gasteiger partial charge in [-0.15, -0.1) is 0 Å². The molecule has 0 spiro atoms. The minimum absolute atomic E-state index is 0.106. The molecule has 1 aromatic carbocycles. The number of hydrogen-bond acceptors (Lipinski definition) is 5. The zero-order chi connectivity index (χ0) is 27.3. The Kier molecular flexibility index (Phi) is 6.21. The lowest BCUT2D eigenvalue weighted by Crippen LogP contribution is -2.59. The van der Waals surface area contributed by atoms with E-state index in [-0.39, 0.29) is 34.9 Å². The predicted octanol–water partition coefficient (Wildman–Crippen LogP) is 6.16. The topological polar surface area (TPSA) is 111 Å². The monoisotopic (exact) mass is 513 g/mol. The van der Waals surface area contributed by atoms with Crippen LogP contribution >= 0.6 is 0 Å². The fraction of sp³-hybridized carbons (Fsp3) is 0.467. The number of amides is 2. The summed E-state index contributed by atoms with van der Waals surface area (Å²) < 4.78 is 5.13. The van der Waals surface area contributed by atoms with Crippen molar-refractivity contribution in [1.29, 1.82) is 5.26 Å². The molecule has 2 aliphatic heterocycles. The van der Waals surface area contributed by atoms with Crippen molar-refractivity contribution < 1.29 is 14.3 Å². The first-order valence-electron chi connectivity index (χ1n) is 13.2. The Balaban J connectivity index is 1.49. The largest absolute Gasteiger partial charge is 0.453 e. The third-order valence-electron chi connectivity index (χ3n) is 8.49. The third-order valence-corrected chi connectivity index (χ3v) is 8.49. The van der Waals surface area contributed by atoms with Gasteiger partial charge < -0.3 is 15.0 Å². The molecule has 2 N–H and O–H groups in total. The van der Waals surface area contributed by atoms with Crippen LogP contribution in [0, 0.1) is 16.7 Å². The van der Waals surface area contributed by atoms with Crippen molar-refractivity contribution in [2.24, 2.45) is 5.41 Å². The molecule has 2 bridgehead atoms. The Morgan fingerprint density at radius 3 is 2.47 bits per heavy atom. The summed E-state index contributed by atoms with van der Waals surface area (Å²) in [6.07, 6.45) is 12.2. The lowest BCUT2D eigenvalue weighted by atomic mass is 9.73. The second-order valence-corrected chi connectivity index (χ2v) is 12.1. The summed E-state index contributed by atoms with van der Waals surface area (Å²) in [6.45, 7) is 8.75. The molecule has 0 saturated carbocycles. The Labute approximate surface area is 223 Å². The van der Waals surface area contributed by atoms with Crippen molar-refractivity contribution in [3.05, 3.63) is 65.3 Å². The second-order valence-electron chi connectivity index (χ2n) is 12.1. The summed E-state index contributed by atoms with van der Waals surface area (Å²) in [7, 11) is 1.43. The van der Waals surface area contributed by atoms with Crippen molar-refractivity contribution in [2.75, 3.05) is 12.4 Å². The highest BCUT2D eigenvalue weighted by Crippen LogP contribution is 2.52. The number of aromatic nitrogens is 2. The predicted molar refractivity (Wildman–Crippen MR) is 145 cm³/mol. The zero-order valence-corrected chi connectivity index (χ0v) is 22.7. The van der Waals surface area contributed by atoms with Crippen LogP contribution in [0.25, 0.3) is 5.57 Å². The van der Waals surface area contributed by atoms with Gasteiger partial charge in [-0.2, -0.15) is 5.26 Å². The molecule has 8 heteroatoms. The normalized spacial score (nSPS) is 27.4. The number of hydrogen-bond donors (Lipinski definition) is 2. The van der Waals surface area contributed by atoms with E-state index in [1.807, 2.05) is 17.0 Å². The quantitative estimate of drug-likeness (QED) is 0.476. The van der Waals surface area contributed by atoms with Crippen molar-refractivity contribution >= 4 is 23.3 Å². The van der Waals surface area contributed by atoms with Crippen LogP contribution in [-0.2, 0) is 4.74 Å². The smallest absolute Gasteiger partial charge is 0.410 e. The molecule has 38 heavy (non-hydrogen) atoms. The molecular formula is C30H35N5O3. The average molecular weight is 514 g/mol. The van der Waals surface area contributed by atoms with Gasteiger partial charge >= 0.3 is 6.09 Å². The lowest BCUT2D eigenvalue weighted by Gasteiger charge is -2.50. The number of rotatable bonds is 4. The Bertz CT molecular complexity index is 1370. The van der Waals surface area contributed by atoms with Crippen LogP contribution < -0.4 is 5.32 Å². The number of ether oxygens (including phenoxy) is 1. The average Bonchev–Trinajstić information content (AvgIpc) is 3.43. The molecule has 198 valence electrons. The van der Waals surface area contributed by atoms with Crippen molar-refractivity contribution in [1.82, 2.24) is 14.9 Å². The summed E-state index contributed by atoms with van der Waals surface area (Å²) in [6, 6.07) is 8.24. The van der Waals surface area contributed by atoms with Gasteiger partial charge in [-0.1, -0.05) is 38.1 Å². The number of nitrogens with one attached hydrogen (secondary N) is 2. The fourth-order valence-corrected chi connectivity index (χ4v) is 6.41. The number of aromatic amines is 1. The number of carbonyl (C=O) groups is 2. The van der Waals surface area contributed by atoms with Gasteiger partial charge in [0.1, 0.15) is 11.8 Å². The van der Waals surface area contributed by atoms with Crippen LogP contribution in [0.4, 0.5) is 10.5 Å². The molecule has 2 aromatic rings. The maximum Gasteiger partial charge on any atom is 0.410 e. The van der Waals surface area contributed by atoms with E-state index in [1.54, 1.807) is 0 Å². The standard InChI is InChI=1S/C30H35N5O3/c1-28(2)10-8-19(9-11-28)23-14-20(6-7-24(23)34-26(36)25-32-18-22(17-31)33-25)21-15-29(3)12-13-30(4,16-21)35(29)27(37)38-5/h6-8,12-14,18,21H,9-11,15-16H2,1-5H3,(H,32,33)(H,34,36)/t21?,29-,30+. The van der Waals surface area contributed by atoms with E-state index >= 15 is 0 Å². The first-order chi connectivity index (χ1) is 18.0. The maximum absolute atomic E-state index is 13.0. The van der Waals surface area contributed by atoms with Gasteiger partial charge in [-0.05, 0) is 80.6 Å². The van der Waals surface area contributed by atoms with Crippen LogP contribution in [0.5, 0.6) is 0 Å². The van der Waals surface area contributed by atoms with Crippen molar-refractivity contribution in [3.8, 4) is 6.07 Å². The van der Waals surface area contributed by atoms with Crippen LogP contribution in [-0.4, -0.2) is 45.1 Å². The van der Waals surface area contributed by atoms with E-state index in [9.17, 15) is 9.59 Å². The lowest BCUT2D eigenvalue weighted by molar-refractivity contribution is 0.0162. The van der Waals surface area contributed by atoms with E-state index in [1.165, 1.54) is 24.4 Å². The van der Waals surface area contributed by atoms with Gasteiger partial charge in [-0.25, -0.2) is 9.78 Å². The number of imidazole rings is 1. The Morgan fingerprint density at radius 1 is 1.18 bits per heavy atom. The van der Waals surface area contributed by atoms with Crippen LogP contribution in [0.15, 0.2) is 42.6 Å². The fourth-order valence-electron chi connectivity index (χ4n) is 6.41. The van der Waals surface area contributed by atoms with Gasteiger partial charge in [0.05, 0.1) is 24.4 Å². The SMILES string of the molecule is COC(=O)N1[C@@]2(C)C=C[C@]1(C)CC(c1ccc(NC(=O)c3ncc(C#N)[nH]3)c(C3=CCC(C)(C)CC3)c1)C2. The summed E-state index contributed by atoms with van der Waals surface area (Å²) in [5, 5.41) is 12.1. The summed E-state index contributed by atoms with van der Waals surface area (Å²) in [5.74, 6) is -0.0480. The number of piperidine rings is 1. The number of nitriles is 1. The van der Waals surface area contributed by atoms with Gasteiger partial charge in [0.15, 0.2) is 5.82 Å². The number of nitrogens with zero attached hydrogens (tertiary/aromatic N) is 3. The van der Waals surface area contributed by atoms with Gasteiger partial charge in [0, 0.05) is 11.3 Å². The van der Waals surface area contributed by atoms with Gasteiger partial charge in [0.25, 0.3) is 5.91 Å². The first kappa shape index (κ1) is 25.8. The van der Waals surface area contributed by atoms with Crippen LogP contribution in [0.1, 0.15) is 93.2 Å². The highest BCUT2D eigenvalue weighted by atomic mass is 16.5. The second kappa shape index (κ2) is 9.16. The molecular weight excluding hydrogens is 478 g/mol. The zero-order valence-electron chi connectivity index (χ0n) is 22.7. The van der Waals surface area contributed by atoms with E-state index < -0.39 is 11.1 Å². The molecule has 3 heterocycles. The van der Waals surface area contributed by atoms with Gasteiger partial charge in [-0.3, -0.25) is 9.69 Å². The molecule has 1 saturated heterocycles. The van der Waals surface area contributed by atoms with Crippen molar-refractivity contribution in [3.63, 3.8) is 0 Å². The Morgan fingerprint density at radius 2 is 1.89 bits per heavy atom. The molecule has 5 rings (SSSR count). The molecule has 1 unspecified atom stereocenters. The molecule has 0 radical (unpaired) electrons. The van der Waals surface area contributed by atoms with Crippen LogP contribution in [0.3, 0.4) is 0 Å². The van der Waals surface area contributed by atoms with E-state index in [4.69, 9.17) is 10.00 Å². The number of allylic oxidation sites excluding steroid dienone is 2. The summed E-state index contributed by atoms with van der Waals surface area (Å²) in [5.41, 5.74) is 3.80. The molecule has 3 aliphatic rings. The van der Waals surface area contributed by atoms with Crippen LogP contribution in [0.2, 0.25) is 0 Å². The number of H-pyrrole nitrogens is 1. The minimum atomic E-state index is -0.427.